The van der Waals surface area contributed by atoms with Gasteiger partial charge in [-0.2, -0.15) is 0 Å². The molecule has 0 aliphatic carbocycles. The molecule has 4 heterocycles. The molecule has 3 aromatic rings. The van der Waals surface area contributed by atoms with Crippen molar-refractivity contribution in [2.24, 2.45) is 0 Å². The fraction of sp³-hybridized carbons (Fsp3) is 0.385. The van der Waals surface area contributed by atoms with Crippen LogP contribution in [0, 0.1) is 0 Å². The third-order valence-electron chi connectivity index (χ3n) is 6.69. The number of pyridine rings is 1. The van der Waals surface area contributed by atoms with Gasteiger partial charge in [0.2, 0.25) is 0 Å². The minimum atomic E-state index is -0.187. The summed E-state index contributed by atoms with van der Waals surface area (Å²) in [5.41, 5.74) is 6.91. The monoisotopic (exact) mass is 461 g/mol. The van der Waals surface area contributed by atoms with E-state index in [0.717, 1.165) is 72.9 Å². The van der Waals surface area contributed by atoms with Crippen LogP contribution in [-0.4, -0.2) is 80.6 Å². The second kappa shape index (κ2) is 9.97. The Kier molecular flexibility index (Phi) is 6.62. The Bertz CT molecular complexity index is 1150. The van der Waals surface area contributed by atoms with Gasteiger partial charge in [-0.25, -0.2) is 0 Å². The van der Waals surface area contributed by atoms with E-state index >= 15 is 0 Å². The highest BCUT2D eigenvalue weighted by Gasteiger charge is 2.22. The normalized spacial score (nSPS) is 16.6. The van der Waals surface area contributed by atoms with E-state index in [1.54, 1.807) is 14.2 Å². The number of amides is 1. The SMILES string of the molecule is COC(CN1CCN(c2cccc(-c3cc(-c4cc5c([nH]4)CCNC5=O)ccn3)c2)CC1)OC. The molecular weight excluding hydrogens is 430 g/mol. The van der Waals surface area contributed by atoms with Crippen molar-refractivity contribution in [3.63, 3.8) is 0 Å². The van der Waals surface area contributed by atoms with E-state index in [9.17, 15) is 4.79 Å². The maximum absolute atomic E-state index is 12.1. The molecule has 0 radical (unpaired) electrons. The minimum absolute atomic E-state index is 0.00853. The van der Waals surface area contributed by atoms with Crippen LogP contribution in [0.5, 0.6) is 0 Å². The summed E-state index contributed by atoms with van der Waals surface area (Å²) in [6.07, 6.45) is 2.47. The van der Waals surface area contributed by atoms with E-state index in [1.807, 2.05) is 18.3 Å². The number of H-pyrrole nitrogens is 1. The number of nitrogens with one attached hydrogen (secondary N) is 2. The molecule has 2 aromatic heterocycles. The number of hydrogen-bond donors (Lipinski definition) is 2. The van der Waals surface area contributed by atoms with Gasteiger partial charge in [0, 0.05) is 94.3 Å². The van der Waals surface area contributed by atoms with Gasteiger partial charge >= 0.3 is 0 Å². The fourth-order valence-electron chi connectivity index (χ4n) is 4.71. The highest BCUT2D eigenvalue weighted by atomic mass is 16.7. The van der Waals surface area contributed by atoms with Crippen molar-refractivity contribution in [1.29, 1.82) is 0 Å². The maximum Gasteiger partial charge on any atom is 0.253 e. The van der Waals surface area contributed by atoms with Crippen molar-refractivity contribution in [3.8, 4) is 22.5 Å². The number of aromatic nitrogens is 2. The van der Waals surface area contributed by atoms with Crippen molar-refractivity contribution in [2.45, 2.75) is 12.7 Å². The van der Waals surface area contributed by atoms with Gasteiger partial charge in [-0.05, 0) is 30.3 Å². The van der Waals surface area contributed by atoms with Crippen LogP contribution in [0.15, 0.2) is 48.7 Å². The molecule has 0 atom stereocenters. The van der Waals surface area contributed by atoms with Crippen molar-refractivity contribution in [3.05, 3.63) is 59.9 Å². The van der Waals surface area contributed by atoms with Gasteiger partial charge in [0.25, 0.3) is 5.91 Å². The van der Waals surface area contributed by atoms with E-state index in [-0.39, 0.29) is 12.2 Å². The Morgan fingerprint density at radius 2 is 1.85 bits per heavy atom. The molecule has 0 unspecified atom stereocenters. The van der Waals surface area contributed by atoms with Crippen molar-refractivity contribution in [2.75, 3.05) is 58.4 Å². The summed E-state index contributed by atoms with van der Waals surface area (Å²) in [4.78, 5) is 25.0. The molecule has 0 bridgehead atoms. The molecule has 1 aromatic carbocycles. The lowest BCUT2D eigenvalue weighted by molar-refractivity contribution is -0.116. The van der Waals surface area contributed by atoms with E-state index in [0.29, 0.717) is 6.54 Å². The van der Waals surface area contributed by atoms with Crippen LogP contribution in [-0.2, 0) is 15.9 Å². The van der Waals surface area contributed by atoms with Gasteiger partial charge in [0.1, 0.15) is 0 Å². The summed E-state index contributed by atoms with van der Waals surface area (Å²) in [6.45, 7) is 5.29. The number of carbonyl (C=O) groups is 1. The number of piperazine rings is 1. The largest absolute Gasteiger partial charge is 0.369 e. The molecular formula is C26H31N5O3. The van der Waals surface area contributed by atoms with Crippen molar-refractivity contribution in [1.82, 2.24) is 20.2 Å². The zero-order valence-corrected chi connectivity index (χ0v) is 19.7. The lowest BCUT2D eigenvalue weighted by Gasteiger charge is -2.37. The van der Waals surface area contributed by atoms with Crippen molar-refractivity contribution < 1.29 is 14.3 Å². The second-order valence-electron chi connectivity index (χ2n) is 8.75. The molecule has 1 fully saturated rings. The molecule has 1 saturated heterocycles. The Balaban J connectivity index is 1.31. The molecule has 34 heavy (non-hydrogen) atoms. The summed E-state index contributed by atoms with van der Waals surface area (Å²) >= 11 is 0. The number of aromatic amines is 1. The number of fused-ring (bicyclic) bond motifs is 1. The van der Waals surface area contributed by atoms with Crippen molar-refractivity contribution >= 4 is 11.6 Å². The van der Waals surface area contributed by atoms with Gasteiger partial charge in [-0.15, -0.1) is 0 Å². The number of hydrogen-bond acceptors (Lipinski definition) is 6. The Hall–Kier alpha value is -3.20. The minimum Gasteiger partial charge on any atom is -0.369 e. The number of nitrogens with zero attached hydrogens (tertiary/aromatic N) is 3. The molecule has 0 spiro atoms. The van der Waals surface area contributed by atoms with Crippen LogP contribution in [0.1, 0.15) is 16.1 Å². The second-order valence-corrected chi connectivity index (χ2v) is 8.75. The Labute approximate surface area is 199 Å². The molecule has 1 amide bonds. The summed E-state index contributed by atoms with van der Waals surface area (Å²) in [6, 6.07) is 14.6. The van der Waals surface area contributed by atoms with E-state index in [1.165, 1.54) is 5.69 Å². The topological polar surface area (TPSA) is 82.7 Å². The highest BCUT2D eigenvalue weighted by molar-refractivity contribution is 5.97. The van der Waals surface area contributed by atoms with Crippen LogP contribution in [0.2, 0.25) is 0 Å². The number of benzene rings is 1. The zero-order valence-electron chi connectivity index (χ0n) is 19.7. The quantitative estimate of drug-likeness (QED) is 0.527. The van der Waals surface area contributed by atoms with Crippen LogP contribution >= 0.6 is 0 Å². The predicted molar refractivity (Wildman–Crippen MR) is 132 cm³/mol. The number of methoxy groups -OCH3 is 2. The smallest absolute Gasteiger partial charge is 0.253 e. The van der Waals surface area contributed by atoms with Crippen LogP contribution in [0.25, 0.3) is 22.5 Å². The van der Waals surface area contributed by atoms with Gasteiger partial charge in [0.05, 0.1) is 11.3 Å². The number of ether oxygens (including phenoxy) is 2. The zero-order chi connectivity index (χ0) is 23.5. The van der Waals surface area contributed by atoms with E-state index in [4.69, 9.17) is 9.47 Å². The van der Waals surface area contributed by atoms with Crippen LogP contribution in [0.3, 0.4) is 0 Å². The molecule has 0 saturated carbocycles. The lowest BCUT2D eigenvalue weighted by Crippen LogP contribution is -2.49. The number of anilines is 1. The average molecular weight is 462 g/mol. The van der Waals surface area contributed by atoms with Gasteiger partial charge < -0.3 is 24.7 Å². The van der Waals surface area contributed by atoms with E-state index < -0.39 is 0 Å². The molecule has 8 nitrogen and oxygen atoms in total. The molecule has 2 aliphatic rings. The molecule has 178 valence electrons. The highest BCUT2D eigenvalue weighted by Crippen LogP contribution is 2.29. The van der Waals surface area contributed by atoms with Gasteiger partial charge in [0.15, 0.2) is 6.29 Å². The molecule has 2 aliphatic heterocycles. The summed E-state index contributed by atoms with van der Waals surface area (Å²) in [7, 11) is 3.36. The first-order valence-corrected chi connectivity index (χ1v) is 11.7. The third kappa shape index (κ3) is 4.70. The standard InChI is InChI=1S/C26H31N5O3/c1-33-25(34-2)17-30-10-12-31(13-11-30)20-5-3-4-18(14-20)23-15-19(6-8-27-23)24-16-21-22(29-24)7-9-28-26(21)32/h3-6,8,14-16,25,29H,7,9-13,17H2,1-2H3,(H,28,32). The first-order chi connectivity index (χ1) is 16.6. The summed E-state index contributed by atoms with van der Waals surface area (Å²) in [5, 5.41) is 2.90. The first-order valence-electron chi connectivity index (χ1n) is 11.7. The fourth-order valence-corrected chi connectivity index (χ4v) is 4.71. The summed E-state index contributed by atoms with van der Waals surface area (Å²) < 4.78 is 10.7. The maximum atomic E-state index is 12.1. The van der Waals surface area contributed by atoms with E-state index in [2.05, 4.69) is 55.4 Å². The molecule has 2 N–H and O–H groups in total. The first kappa shape index (κ1) is 22.6. The van der Waals surface area contributed by atoms with Gasteiger partial charge in [-0.1, -0.05) is 12.1 Å². The Morgan fingerprint density at radius 1 is 1.03 bits per heavy atom. The van der Waals surface area contributed by atoms with Gasteiger partial charge in [-0.3, -0.25) is 14.7 Å². The molecule has 5 rings (SSSR count). The predicted octanol–water partition coefficient (Wildman–Crippen LogP) is 2.77. The number of carbonyl (C=O) groups excluding carboxylic acids is 1. The Morgan fingerprint density at radius 3 is 2.62 bits per heavy atom. The molecule has 8 heteroatoms. The average Bonchev–Trinajstić information content (AvgIpc) is 3.34. The third-order valence-corrected chi connectivity index (χ3v) is 6.69. The summed E-state index contributed by atoms with van der Waals surface area (Å²) in [5.74, 6) is -0.00853. The van der Waals surface area contributed by atoms with Crippen LogP contribution < -0.4 is 10.2 Å². The lowest BCUT2D eigenvalue weighted by atomic mass is 10.1. The van der Waals surface area contributed by atoms with Crippen LogP contribution in [0.4, 0.5) is 5.69 Å². The number of rotatable bonds is 7.